The van der Waals surface area contributed by atoms with Crippen LogP contribution in [-0.4, -0.2) is 23.6 Å². The summed E-state index contributed by atoms with van der Waals surface area (Å²) in [6, 6.07) is 7.99. The number of aromatic nitrogens is 2. The van der Waals surface area contributed by atoms with E-state index in [9.17, 15) is 0 Å². The number of hydrogen-bond donors (Lipinski definition) is 1. The van der Waals surface area contributed by atoms with E-state index in [0.29, 0.717) is 6.42 Å². The summed E-state index contributed by atoms with van der Waals surface area (Å²) in [5.41, 5.74) is 2.08. The van der Waals surface area contributed by atoms with Crippen molar-refractivity contribution in [3.63, 3.8) is 0 Å². The topological polar surface area (TPSA) is 47.0 Å². The molecule has 1 N–H and O–H groups in total. The van der Waals surface area contributed by atoms with Crippen molar-refractivity contribution in [3.8, 4) is 5.75 Å². The maximum atomic E-state index is 5.25. The van der Waals surface area contributed by atoms with Gasteiger partial charge in [0.05, 0.1) is 17.3 Å². The highest BCUT2D eigenvalue weighted by Crippen LogP contribution is 2.24. The molecule has 2 rings (SSSR count). The largest absolute Gasteiger partial charge is 0.497 e. The lowest BCUT2D eigenvalue weighted by atomic mass is 10.1. The minimum absolute atomic E-state index is 0.687. The fraction of sp³-hybridized carbons (Fsp3) is 0.375. The van der Waals surface area contributed by atoms with E-state index in [1.54, 1.807) is 7.11 Å². The van der Waals surface area contributed by atoms with Crippen LogP contribution in [0.1, 0.15) is 30.4 Å². The predicted molar refractivity (Wildman–Crippen MR) is 89.0 cm³/mol. The fourth-order valence-electron chi connectivity index (χ4n) is 2.02. The van der Waals surface area contributed by atoms with E-state index in [2.05, 4.69) is 44.2 Å². The normalized spacial score (nSPS) is 10.5. The molecule has 4 nitrogen and oxygen atoms in total. The molecule has 0 fully saturated rings. The Morgan fingerprint density at radius 1 is 1.29 bits per heavy atom. The Bertz CT molecular complexity index is 616. The van der Waals surface area contributed by atoms with Crippen molar-refractivity contribution >= 4 is 21.7 Å². The highest BCUT2D eigenvalue weighted by atomic mass is 79.9. The van der Waals surface area contributed by atoms with Crippen LogP contribution in [0, 0.1) is 6.92 Å². The van der Waals surface area contributed by atoms with Gasteiger partial charge in [0.2, 0.25) is 0 Å². The van der Waals surface area contributed by atoms with Crippen LogP contribution in [0.15, 0.2) is 28.7 Å². The molecule has 0 amide bonds. The van der Waals surface area contributed by atoms with Crippen molar-refractivity contribution in [2.75, 3.05) is 19.0 Å². The number of aryl methyl sites for hydroxylation is 1. The van der Waals surface area contributed by atoms with Crippen molar-refractivity contribution in [2.45, 2.75) is 26.7 Å². The van der Waals surface area contributed by atoms with Crippen LogP contribution < -0.4 is 10.1 Å². The first-order valence-corrected chi connectivity index (χ1v) is 7.83. The molecular formula is C16H20BrN3O. The molecule has 0 aliphatic carbocycles. The summed E-state index contributed by atoms with van der Waals surface area (Å²) in [4.78, 5) is 9.16. The van der Waals surface area contributed by atoms with Crippen molar-refractivity contribution < 1.29 is 4.74 Å². The SMILES string of the molecule is CCCNc1nc(Cc2cccc(OC)c2)nc(C)c1Br. The zero-order valence-corrected chi connectivity index (χ0v) is 14.2. The number of hydrogen-bond acceptors (Lipinski definition) is 4. The van der Waals surface area contributed by atoms with Gasteiger partial charge in [0.1, 0.15) is 17.4 Å². The van der Waals surface area contributed by atoms with Gasteiger partial charge in [-0.05, 0) is 47.0 Å². The Balaban J connectivity index is 2.24. The highest BCUT2D eigenvalue weighted by molar-refractivity contribution is 9.10. The number of methoxy groups -OCH3 is 1. The van der Waals surface area contributed by atoms with Crippen molar-refractivity contribution in [1.29, 1.82) is 0 Å². The molecule has 1 aromatic carbocycles. The van der Waals surface area contributed by atoms with Crippen molar-refractivity contribution in [1.82, 2.24) is 9.97 Å². The summed E-state index contributed by atoms with van der Waals surface area (Å²) in [6.45, 7) is 5.01. The highest BCUT2D eigenvalue weighted by Gasteiger charge is 2.09. The molecule has 0 aliphatic rings. The van der Waals surface area contributed by atoms with Gasteiger partial charge in [-0.1, -0.05) is 19.1 Å². The molecule has 0 spiro atoms. The molecule has 21 heavy (non-hydrogen) atoms. The lowest BCUT2D eigenvalue weighted by Gasteiger charge is -2.11. The lowest BCUT2D eigenvalue weighted by molar-refractivity contribution is 0.414. The van der Waals surface area contributed by atoms with Gasteiger partial charge in [0.15, 0.2) is 0 Å². The molecule has 0 radical (unpaired) electrons. The maximum Gasteiger partial charge on any atom is 0.144 e. The Morgan fingerprint density at radius 2 is 2.10 bits per heavy atom. The summed E-state index contributed by atoms with van der Waals surface area (Å²) in [5.74, 6) is 2.52. The number of rotatable bonds is 6. The fourth-order valence-corrected chi connectivity index (χ4v) is 2.34. The van der Waals surface area contributed by atoms with Crippen LogP contribution in [-0.2, 0) is 6.42 Å². The molecule has 0 bridgehead atoms. The number of ether oxygens (including phenoxy) is 1. The first-order chi connectivity index (χ1) is 10.1. The molecule has 0 saturated heterocycles. The van der Waals surface area contributed by atoms with Gasteiger partial charge in [-0.3, -0.25) is 0 Å². The molecule has 112 valence electrons. The van der Waals surface area contributed by atoms with Crippen molar-refractivity contribution in [3.05, 3.63) is 45.8 Å². The zero-order valence-electron chi connectivity index (χ0n) is 12.6. The standard InChI is InChI=1S/C16H20BrN3O/c1-4-8-18-16-15(17)11(2)19-14(20-16)10-12-6-5-7-13(9-12)21-3/h5-7,9H,4,8,10H2,1-3H3,(H,18,19,20). The van der Waals surface area contributed by atoms with Crippen LogP contribution in [0.3, 0.4) is 0 Å². The first kappa shape index (κ1) is 15.8. The Kier molecular flexibility index (Phi) is 5.56. The second-order valence-corrected chi connectivity index (χ2v) is 5.64. The Hall–Kier alpha value is -1.62. The summed E-state index contributed by atoms with van der Waals surface area (Å²) >= 11 is 3.55. The monoisotopic (exact) mass is 349 g/mol. The maximum absolute atomic E-state index is 5.25. The van der Waals surface area contributed by atoms with Crippen LogP contribution >= 0.6 is 15.9 Å². The number of benzene rings is 1. The van der Waals surface area contributed by atoms with Gasteiger partial charge in [-0.25, -0.2) is 9.97 Å². The Labute approximate surface area is 134 Å². The number of halogens is 1. The lowest BCUT2D eigenvalue weighted by Crippen LogP contribution is -2.08. The molecular weight excluding hydrogens is 330 g/mol. The van der Waals surface area contributed by atoms with E-state index < -0.39 is 0 Å². The van der Waals surface area contributed by atoms with Gasteiger partial charge in [-0.15, -0.1) is 0 Å². The third kappa shape index (κ3) is 4.17. The summed E-state index contributed by atoms with van der Waals surface area (Å²) < 4.78 is 6.19. The van der Waals surface area contributed by atoms with Gasteiger partial charge in [-0.2, -0.15) is 0 Å². The number of anilines is 1. The summed E-state index contributed by atoms with van der Waals surface area (Å²) in [7, 11) is 1.67. The van der Waals surface area contributed by atoms with Crippen LogP contribution in [0.2, 0.25) is 0 Å². The van der Waals surface area contributed by atoms with Gasteiger partial charge in [0, 0.05) is 13.0 Å². The predicted octanol–water partition coefficient (Wildman–Crippen LogP) is 3.97. The molecule has 1 heterocycles. The third-order valence-electron chi connectivity index (χ3n) is 3.10. The molecule has 0 aliphatic heterocycles. The van der Waals surface area contributed by atoms with Crippen LogP contribution in [0.5, 0.6) is 5.75 Å². The zero-order chi connectivity index (χ0) is 15.2. The van der Waals surface area contributed by atoms with Gasteiger partial charge in [0.25, 0.3) is 0 Å². The Morgan fingerprint density at radius 3 is 2.81 bits per heavy atom. The summed E-state index contributed by atoms with van der Waals surface area (Å²) in [5, 5.41) is 3.33. The van der Waals surface area contributed by atoms with Crippen molar-refractivity contribution in [2.24, 2.45) is 0 Å². The van der Waals surface area contributed by atoms with Gasteiger partial charge < -0.3 is 10.1 Å². The minimum atomic E-state index is 0.687. The molecule has 5 heteroatoms. The molecule has 0 unspecified atom stereocenters. The second-order valence-electron chi connectivity index (χ2n) is 4.84. The quantitative estimate of drug-likeness (QED) is 0.856. The molecule has 1 aromatic heterocycles. The van der Waals surface area contributed by atoms with E-state index in [0.717, 1.165) is 46.1 Å². The number of nitrogens with one attached hydrogen (secondary N) is 1. The molecule has 0 saturated carbocycles. The van der Waals surface area contributed by atoms with E-state index in [1.165, 1.54) is 0 Å². The van der Waals surface area contributed by atoms with Crippen LogP contribution in [0.4, 0.5) is 5.82 Å². The minimum Gasteiger partial charge on any atom is -0.497 e. The molecule has 2 aromatic rings. The number of nitrogens with zero attached hydrogens (tertiary/aromatic N) is 2. The molecule has 0 atom stereocenters. The average Bonchev–Trinajstić information content (AvgIpc) is 2.49. The average molecular weight is 350 g/mol. The summed E-state index contributed by atoms with van der Waals surface area (Å²) in [6.07, 6.45) is 1.74. The van der Waals surface area contributed by atoms with E-state index in [-0.39, 0.29) is 0 Å². The second kappa shape index (κ2) is 7.41. The van der Waals surface area contributed by atoms with E-state index in [1.807, 2.05) is 25.1 Å². The van der Waals surface area contributed by atoms with Crippen LogP contribution in [0.25, 0.3) is 0 Å². The van der Waals surface area contributed by atoms with Gasteiger partial charge >= 0.3 is 0 Å². The van der Waals surface area contributed by atoms with E-state index >= 15 is 0 Å². The first-order valence-electron chi connectivity index (χ1n) is 7.03. The van der Waals surface area contributed by atoms with E-state index in [4.69, 9.17) is 4.74 Å². The third-order valence-corrected chi connectivity index (χ3v) is 4.05. The smallest absolute Gasteiger partial charge is 0.144 e.